The van der Waals surface area contributed by atoms with Crippen molar-refractivity contribution < 1.29 is 22.7 Å². The number of halogens is 3. The summed E-state index contributed by atoms with van der Waals surface area (Å²) in [6.07, 6.45) is -3.74. The van der Waals surface area contributed by atoms with Crippen LogP contribution in [0.5, 0.6) is 5.75 Å². The standard InChI is InChI=1S/C23H19F3N2O3/c1-14-5-7-19(21(29)27-13-15-6-8-20-16(11-15)9-10-31-20)22(30)28(14)18-4-2-3-17(12-18)23(24,25)26/h2-8,11-12H,9-10,13H2,1H3,(H,27,29). The molecule has 2 heterocycles. The van der Waals surface area contributed by atoms with E-state index in [9.17, 15) is 22.8 Å². The molecule has 160 valence electrons. The van der Waals surface area contributed by atoms with Gasteiger partial charge in [-0.3, -0.25) is 14.2 Å². The van der Waals surface area contributed by atoms with Crippen molar-refractivity contribution >= 4 is 5.91 Å². The molecule has 1 amide bonds. The molecule has 1 aliphatic heterocycles. The second-order valence-electron chi connectivity index (χ2n) is 7.30. The van der Waals surface area contributed by atoms with Gasteiger partial charge in [0.15, 0.2) is 0 Å². The molecule has 3 aromatic rings. The summed E-state index contributed by atoms with van der Waals surface area (Å²) >= 11 is 0. The minimum absolute atomic E-state index is 0.0468. The quantitative estimate of drug-likeness (QED) is 0.683. The number of rotatable bonds is 4. The number of hydrogen-bond acceptors (Lipinski definition) is 3. The fourth-order valence-electron chi connectivity index (χ4n) is 3.57. The minimum atomic E-state index is -4.54. The summed E-state index contributed by atoms with van der Waals surface area (Å²) < 4.78 is 45.8. The van der Waals surface area contributed by atoms with Crippen molar-refractivity contribution in [3.05, 3.63) is 92.9 Å². The number of ether oxygens (including phenoxy) is 1. The lowest BCUT2D eigenvalue weighted by atomic mass is 10.1. The van der Waals surface area contributed by atoms with E-state index in [4.69, 9.17) is 4.74 Å². The van der Waals surface area contributed by atoms with Crippen LogP contribution in [0.1, 0.15) is 32.7 Å². The number of alkyl halides is 3. The van der Waals surface area contributed by atoms with Gasteiger partial charge >= 0.3 is 6.18 Å². The van der Waals surface area contributed by atoms with Crippen LogP contribution < -0.4 is 15.6 Å². The highest BCUT2D eigenvalue weighted by Crippen LogP contribution is 2.30. The van der Waals surface area contributed by atoms with Gasteiger partial charge in [-0.15, -0.1) is 0 Å². The lowest BCUT2D eigenvalue weighted by Crippen LogP contribution is -2.33. The zero-order chi connectivity index (χ0) is 22.2. The molecule has 2 aromatic carbocycles. The number of nitrogens with one attached hydrogen (secondary N) is 1. The van der Waals surface area contributed by atoms with Gasteiger partial charge in [-0.05, 0) is 54.4 Å². The van der Waals surface area contributed by atoms with E-state index in [1.54, 1.807) is 6.92 Å². The molecule has 0 bridgehead atoms. The van der Waals surface area contributed by atoms with Crippen molar-refractivity contribution in [3.63, 3.8) is 0 Å². The summed E-state index contributed by atoms with van der Waals surface area (Å²) in [5.74, 6) is 0.236. The second-order valence-corrected chi connectivity index (χ2v) is 7.30. The molecule has 5 nitrogen and oxygen atoms in total. The van der Waals surface area contributed by atoms with E-state index < -0.39 is 23.2 Å². The Hall–Kier alpha value is -3.55. The molecule has 0 fully saturated rings. The Morgan fingerprint density at radius 3 is 2.71 bits per heavy atom. The molecular formula is C23H19F3N2O3. The van der Waals surface area contributed by atoms with Crippen molar-refractivity contribution in [1.29, 1.82) is 0 Å². The number of aromatic nitrogens is 1. The maximum atomic E-state index is 13.1. The average Bonchev–Trinajstić information content (AvgIpc) is 3.20. The lowest BCUT2D eigenvalue weighted by Gasteiger charge is -2.14. The average molecular weight is 428 g/mol. The predicted octanol–water partition coefficient (Wildman–Crippen LogP) is 4.03. The maximum absolute atomic E-state index is 13.1. The van der Waals surface area contributed by atoms with Crippen molar-refractivity contribution in [2.24, 2.45) is 0 Å². The topological polar surface area (TPSA) is 60.3 Å². The van der Waals surface area contributed by atoms with Gasteiger partial charge in [-0.1, -0.05) is 18.2 Å². The van der Waals surface area contributed by atoms with Crippen molar-refractivity contribution in [2.75, 3.05) is 6.61 Å². The van der Waals surface area contributed by atoms with Crippen LogP contribution in [0, 0.1) is 6.92 Å². The third-order valence-corrected chi connectivity index (χ3v) is 5.16. The molecule has 0 saturated heterocycles. The normalized spacial score (nSPS) is 12.9. The van der Waals surface area contributed by atoms with E-state index in [2.05, 4.69) is 5.32 Å². The Bertz CT molecular complexity index is 1220. The zero-order valence-electron chi connectivity index (χ0n) is 16.6. The molecule has 1 aliphatic rings. The molecular weight excluding hydrogens is 409 g/mol. The molecule has 1 aromatic heterocycles. The smallest absolute Gasteiger partial charge is 0.416 e. The van der Waals surface area contributed by atoms with Crippen LogP contribution in [0.25, 0.3) is 5.69 Å². The number of aryl methyl sites for hydroxylation is 1. The fraction of sp³-hybridized carbons (Fsp3) is 0.217. The van der Waals surface area contributed by atoms with E-state index >= 15 is 0 Å². The summed E-state index contributed by atoms with van der Waals surface area (Å²) in [5, 5.41) is 2.71. The van der Waals surface area contributed by atoms with Crippen LogP contribution in [0.2, 0.25) is 0 Å². The Morgan fingerprint density at radius 2 is 1.94 bits per heavy atom. The largest absolute Gasteiger partial charge is 0.493 e. The van der Waals surface area contributed by atoms with Gasteiger partial charge < -0.3 is 10.1 Å². The van der Waals surface area contributed by atoms with Crippen molar-refractivity contribution in [1.82, 2.24) is 9.88 Å². The molecule has 0 atom stereocenters. The van der Waals surface area contributed by atoms with Crippen LogP contribution in [0.4, 0.5) is 13.2 Å². The van der Waals surface area contributed by atoms with E-state index in [1.807, 2.05) is 18.2 Å². The summed E-state index contributed by atoms with van der Waals surface area (Å²) in [7, 11) is 0. The molecule has 8 heteroatoms. The number of carbonyl (C=O) groups is 1. The second kappa shape index (κ2) is 7.94. The number of carbonyl (C=O) groups excluding carboxylic acids is 1. The number of fused-ring (bicyclic) bond motifs is 1. The highest BCUT2D eigenvalue weighted by Gasteiger charge is 2.30. The van der Waals surface area contributed by atoms with Gasteiger partial charge in [0, 0.05) is 24.3 Å². The molecule has 31 heavy (non-hydrogen) atoms. The molecule has 0 aliphatic carbocycles. The van der Waals surface area contributed by atoms with Gasteiger partial charge in [0.2, 0.25) is 0 Å². The molecule has 0 radical (unpaired) electrons. The highest BCUT2D eigenvalue weighted by atomic mass is 19.4. The number of hydrogen-bond donors (Lipinski definition) is 1. The Kier molecular flexibility index (Phi) is 5.31. The third-order valence-electron chi connectivity index (χ3n) is 5.16. The molecule has 0 spiro atoms. The van der Waals surface area contributed by atoms with Crippen LogP contribution >= 0.6 is 0 Å². The number of benzene rings is 2. The summed E-state index contributed by atoms with van der Waals surface area (Å²) in [6.45, 7) is 2.43. The van der Waals surface area contributed by atoms with Crippen LogP contribution in [0.15, 0.2) is 59.4 Å². The first-order valence-corrected chi connectivity index (χ1v) is 9.67. The van der Waals surface area contributed by atoms with Gasteiger partial charge in [0.1, 0.15) is 11.3 Å². The SMILES string of the molecule is Cc1ccc(C(=O)NCc2ccc3c(c2)CCO3)c(=O)n1-c1cccc(C(F)(F)F)c1. The Balaban J connectivity index is 1.60. The third kappa shape index (κ3) is 4.19. The van der Waals surface area contributed by atoms with Crippen molar-refractivity contribution in [3.8, 4) is 11.4 Å². The fourth-order valence-corrected chi connectivity index (χ4v) is 3.57. The molecule has 0 saturated carbocycles. The zero-order valence-corrected chi connectivity index (χ0v) is 16.6. The summed E-state index contributed by atoms with van der Waals surface area (Å²) in [6, 6.07) is 13.0. The summed E-state index contributed by atoms with van der Waals surface area (Å²) in [4.78, 5) is 25.6. The first-order valence-electron chi connectivity index (χ1n) is 9.67. The Morgan fingerprint density at radius 1 is 1.13 bits per heavy atom. The van der Waals surface area contributed by atoms with E-state index in [0.717, 1.165) is 40.0 Å². The van der Waals surface area contributed by atoms with Crippen LogP contribution in [0.3, 0.4) is 0 Å². The minimum Gasteiger partial charge on any atom is -0.493 e. The molecule has 4 rings (SSSR count). The Labute approximate surface area is 176 Å². The predicted molar refractivity (Wildman–Crippen MR) is 109 cm³/mol. The monoisotopic (exact) mass is 428 g/mol. The number of amides is 1. The van der Waals surface area contributed by atoms with Gasteiger partial charge in [-0.25, -0.2) is 0 Å². The highest BCUT2D eigenvalue weighted by molar-refractivity contribution is 5.93. The van der Waals surface area contributed by atoms with Crippen LogP contribution in [-0.2, 0) is 19.1 Å². The van der Waals surface area contributed by atoms with Crippen LogP contribution in [-0.4, -0.2) is 17.1 Å². The summed E-state index contributed by atoms with van der Waals surface area (Å²) in [5.41, 5.74) is 0.695. The van der Waals surface area contributed by atoms with Crippen molar-refractivity contribution in [2.45, 2.75) is 26.1 Å². The first kappa shape index (κ1) is 20.7. The number of nitrogens with zero attached hydrogens (tertiary/aromatic N) is 1. The molecule has 1 N–H and O–H groups in total. The van der Waals surface area contributed by atoms with Gasteiger partial charge in [0.25, 0.3) is 11.5 Å². The maximum Gasteiger partial charge on any atom is 0.416 e. The first-order chi connectivity index (χ1) is 14.7. The van der Waals surface area contributed by atoms with E-state index in [1.165, 1.54) is 24.3 Å². The number of pyridine rings is 1. The van der Waals surface area contributed by atoms with E-state index in [-0.39, 0.29) is 17.8 Å². The van der Waals surface area contributed by atoms with E-state index in [0.29, 0.717) is 12.3 Å². The van der Waals surface area contributed by atoms with Gasteiger partial charge in [-0.2, -0.15) is 13.2 Å². The molecule has 0 unspecified atom stereocenters. The van der Waals surface area contributed by atoms with Gasteiger partial charge in [0.05, 0.1) is 12.2 Å². The lowest BCUT2D eigenvalue weighted by molar-refractivity contribution is -0.137.